The summed E-state index contributed by atoms with van der Waals surface area (Å²) in [5.41, 5.74) is 4.68. The summed E-state index contributed by atoms with van der Waals surface area (Å²) in [4.78, 5) is 8.07. The van der Waals surface area contributed by atoms with Crippen molar-refractivity contribution in [2.45, 2.75) is 37.1 Å². The van der Waals surface area contributed by atoms with Crippen LogP contribution in [0.4, 0.5) is 10.2 Å². The molecule has 0 saturated carbocycles. The maximum atomic E-state index is 13.5. The topological polar surface area (TPSA) is 127 Å². The van der Waals surface area contributed by atoms with Crippen molar-refractivity contribution in [1.82, 2.24) is 14.5 Å². The molecule has 0 amide bonds. The molecule has 0 bridgehead atoms. The number of halogens is 1. The number of nitrogen functional groups attached to an aromatic ring is 1. The van der Waals surface area contributed by atoms with E-state index < -0.39 is 36.0 Å². The first kappa shape index (κ1) is 17.8. The Morgan fingerprint density at radius 2 is 2.11 bits per heavy atom. The van der Waals surface area contributed by atoms with Gasteiger partial charge in [0.2, 0.25) is 0 Å². The number of benzene rings is 1. The van der Waals surface area contributed by atoms with Gasteiger partial charge in [0.25, 0.3) is 0 Å². The molecule has 5 atom stereocenters. The summed E-state index contributed by atoms with van der Waals surface area (Å²) < 4.78 is 20.8. The molecular formula is C18H19FN4O4. The van der Waals surface area contributed by atoms with Crippen molar-refractivity contribution in [3.05, 3.63) is 54.2 Å². The van der Waals surface area contributed by atoms with E-state index in [-0.39, 0.29) is 11.4 Å². The van der Waals surface area contributed by atoms with Crippen LogP contribution in [0.5, 0.6) is 0 Å². The van der Waals surface area contributed by atoms with Crippen LogP contribution in [0.2, 0.25) is 0 Å². The van der Waals surface area contributed by atoms with Crippen molar-refractivity contribution in [2.75, 3.05) is 5.73 Å². The minimum atomic E-state index is -1.80. The highest BCUT2D eigenvalue weighted by atomic mass is 19.1. The van der Waals surface area contributed by atoms with E-state index in [0.29, 0.717) is 11.0 Å². The van der Waals surface area contributed by atoms with Gasteiger partial charge in [-0.25, -0.2) is 14.4 Å². The number of aliphatic hydroxyl groups excluding tert-OH is 2. The van der Waals surface area contributed by atoms with Crippen LogP contribution in [0.1, 0.15) is 24.8 Å². The molecule has 8 nitrogen and oxygen atoms in total. The number of nitrogens with two attached hydrogens (primary N) is 1. The predicted octanol–water partition coefficient (Wildman–Crippen LogP) is 0.895. The van der Waals surface area contributed by atoms with E-state index in [1.54, 1.807) is 12.3 Å². The minimum absolute atomic E-state index is 0.233. The molecule has 0 spiro atoms. The van der Waals surface area contributed by atoms with Gasteiger partial charge >= 0.3 is 0 Å². The maximum Gasteiger partial charge on any atom is 0.164 e. The zero-order chi connectivity index (χ0) is 19.3. The van der Waals surface area contributed by atoms with Crippen molar-refractivity contribution in [3.63, 3.8) is 0 Å². The maximum absolute atomic E-state index is 13.5. The van der Waals surface area contributed by atoms with Gasteiger partial charge in [0.15, 0.2) is 6.23 Å². The number of rotatable bonds is 3. The third kappa shape index (κ3) is 2.76. The summed E-state index contributed by atoms with van der Waals surface area (Å²) in [6.45, 7) is 1.36. The van der Waals surface area contributed by atoms with Gasteiger partial charge < -0.3 is 30.4 Å². The predicted molar refractivity (Wildman–Crippen MR) is 93.8 cm³/mol. The molecule has 1 aliphatic rings. The Morgan fingerprint density at radius 3 is 2.85 bits per heavy atom. The fourth-order valence-electron chi connectivity index (χ4n) is 3.49. The Morgan fingerprint density at radius 1 is 1.33 bits per heavy atom. The Hall–Kier alpha value is -2.59. The number of ether oxygens (including phenoxy) is 1. The molecule has 9 heteroatoms. The first-order valence-corrected chi connectivity index (χ1v) is 8.37. The third-order valence-corrected chi connectivity index (χ3v) is 5.02. The van der Waals surface area contributed by atoms with Crippen LogP contribution in [-0.2, 0) is 4.74 Å². The second kappa shape index (κ2) is 6.24. The highest BCUT2D eigenvalue weighted by Crippen LogP contribution is 2.43. The first-order chi connectivity index (χ1) is 12.8. The van der Waals surface area contributed by atoms with E-state index in [0.717, 1.165) is 6.07 Å². The van der Waals surface area contributed by atoms with Crippen LogP contribution >= 0.6 is 0 Å². The number of hydrogen-bond acceptors (Lipinski definition) is 7. The van der Waals surface area contributed by atoms with Crippen molar-refractivity contribution in [1.29, 1.82) is 0 Å². The van der Waals surface area contributed by atoms with E-state index in [1.807, 2.05) is 0 Å². The smallest absolute Gasteiger partial charge is 0.164 e. The molecule has 1 unspecified atom stereocenters. The molecular weight excluding hydrogens is 355 g/mol. The Labute approximate surface area is 153 Å². The molecule has 0 aliphatic carbocycles. The fourth-order valence-corrected chi connectivity index (χ4v) is 3.49. The number of anilines is 1. The first-order valence-electron chi connectivity index (χ1n) is 8.37. The van der Waals surface area contributed by atoms with Gasteiger partial charge in [-0.2, -0.15) is 0 Å². The van der Waals surface area contributed by atoms with E-state index in [2.05, 4.69) is 9.97 Å². The number of aliphatic hydroxyl groups is 3. The van der Waals surface area contributed by atoms with E-state index in [9.17, 15) is 19.7 Å². The monoisotopic (exact) mass is 374 g/mol. The highest BCUT2D eigenvalue weighted by molar-refractivity contribution is 5.86. The summed E-state index contributed by atoms with van der Waals surface area (Å²) in [7, 11) is 0. The van der Waals surface area contributed by atoms with Crippen LogP contribution in [0.3, 0.4) is 0 Å². The van der Waals surface area contributed by atoms with Gasteiger partial charge in [-0.3, -0.25) is 0 Å². The molecule has 142 valence electrons. The molecule has 2 aromatic heterocycles. The van der Waals surface area contributed by atoms with E-state index in [1.165, 1.54) is 36.0 Å². The largest absolute Gasteiger partial charge is 0.386 e. The van der Waals surface area contributed by atoms with Crippen LogP contribution in [0.25, 0.3) is 11.0 Å². The normalized spacial score (nSPS) is 29.3. The second-order valence-electron chi connectivity index (χ2n) is 6.84. The summed E-state index contributed by atoms with van der Waals surface area (Å²) >= 11 is 0. The quantitative estimate of drug-likeness (QED) is 0.536. The summed E-state index contributed by atoms with van der Waals surface area (Å²) in [6.07, 6.45) is -2.06. The number of aromatic nitrogens is 3. The summed E-state index contributed by atoms with van der Waals surface area (Å²) in [5.74, 6) is -0.251. The fraction of sp³-hybridized carbons (Fsp3) is 0.333. The van der Waals surface area contributed by atoms with Gasteiger partial charge in [-0.1, -0.05) is 12.1 Å². The van der Waals surface area contributed by atoms with E-state index >= 15 is 0 Å². The van der Waals surface area contributed by atoms with Gasteiger partial charge in [-0.05, 0) is 30.7 Å². The Kier molecular flexibility index (Phi) is 4.11. The number of fused-ring (bicyclic) bond motifs is 1. The SMILES string of the molecule is C[C@@]1(O)[C@@H](C(O)c2cccc(F)c2)O[C@@H](n2ccc3c(N)ncnc32)[C@@H]1O. The third-order valence-electron chi connectivity index (χ3n) is 5.02. The van der Waals surface area contributed by atoms with Gasteiger partial charge in [0, 0.05) is 6.20 Å². The summed E-state index contributed by atoms with van der Waals surface area (Å²) in [5, 5.41) is 32.7. The molecule has 27 heavy (non-hydrogen) atoms. The number of hydrogen-bond donors (Lipinski definition) is 4. The molecule has 1 fully saturated rings. The van der Waals surface area contributed by atoms with Gasteiger partial charge in [0.1, 0.15) is 47.5 Å². The zero-order valence-corrected chi connectivity index (χ0v) is 14.4. The van der Waals surface area contributed by atoms with Crippen LogP contribution < -0.4 is 5.73 Å². The van der Waals surface area contributed by atoms with Crippen molar-refractivity contribution < 1.29 is 24.4 Å². The molecule has 0 radical (unpaired) electrons. The molecule has 3 aromatic rings. The Balaban J connectivity index is 1.71. The lowest BCUT2D eigenvalue weighted by atomic mass is 9.88. The highest BCUT2D eigenvalue weighted by Gasteiger charge is 2.55. The van der Waals surface area contributed by atoms with Crippen LogP contribution in [-0.4, -0.2) is 47.7 Å². The zero-order valence-electron chi connectivity index (χ0n) is 14.4. The van der Waals surface area contributed by atoms with Crippen molar-refractivity contribution >= 4 is 16.9 Å². The van der Waals surface area contributed by atoms with Gasteiger partial charge in [0.05, 0.1) is 5.39 Å². The average Bonchev–Trinajstić information content (AvgIpc) is 3.15. The standard InChI is InChI=1S/C18H19FN4O4/c1-18(26)13(25)17(23-6-5-11-15(20)21-8-22-16(11)23)27-14(18)12(24)9-3-2-4-10(19)7-9/h2-8,12-14,17,24-26H,1H3,(H2,20,21,22)/t12?,13-,14+,17+,18-/m0/s1. The molecule has 5 N–H and O–H groups in total. The average molecular weight is 374 g/mol. The van der Waals surface area contributed by atoms with Crippen LogP contribution in [0.15, 0.2) is 42.9 Å². The lowest BCUT2D eigenvalue weighted by molar-refractivity contribution is -0.115. The molecule has 1 saturated heterocycles. The van der Waals surface area contributed by atoms with Crippen molar-refractivity contribution in [2.24, 2.45) is 0 Å². The summed E-state index contributed by atoms with van der Waals surface area (Å²) in [6, 6.07) is 7.04. The van der Waals surface area contributed by atoms with Crippen molar-refractivity contribution in [3.8, 4) is 0 Å². The lowest BCUT2D eigenvalue weighted by Crippen LogP contribution is -2.47. The number of nitrogens with zero attached hydrogens (tertiary/aromatic N) is 3. The lowest BCUT2D eigenvalue weighted by Gasteiger charge is -2.29. The van der Waals surface area contributed by atoms with Crippen LogP contribution in [0, 0.1) is 5.82 Å². The molecule has 1 aliphatic heterocycles. The van der Waals surface area contributed by atoms with E-state index in [4.69, 9.17) is 10.5 Å². The molecule has 1 aromatic carbocycles. The molecule has 4 rings (SSSR count). The minimum Gasteiger partial charge on any atom is -0.386 e. The Bertz CT molecular complexity index is 992. The van der Waals surface area contributed by atoms with Gasteiger partial charge in [-0.15, -0.1) is 0 Å². The molecule has 3 heterocycles. The second-order valence-corrected chi connectivity index (χ2v) is 6.84.